The van der Waals surface area contributed by atoms with Gasteiger partial charge in [-0.05, 0) is 24.1 Å². The summed E-state index contributed by atoms with van der Waals surface area (Å²) >= 11 is 0. The van der Waals surface area contributed by atoms with Gasteiger partial charge in [0.1, 0.15) is 5.75 Å². The maximum atomic E-state index is 6.75. The third-order valence-electron chi connectivity index (χ3n) is 3.62. The fourth-order valence-electron chi connectivity index (χ4n) is 2.66. The van der Waals surface area contributed by atoms with Crippen LogP contribution in [0.1, 0.15) is 25.3 Å². The number of benzene rings is 1. The predicted molar refractivity (Wildman–Crippen MR) is 90.6 cm³/mol. The van der Waals surface area contributed by atoms with Crippen LogP contribution in [0.4, 0.5) is 0 Å². The maximum absolute atomic E-state index is 6.75. The van der Waals surface area contributed by atoms with E-state index in [0.717, 1.165) is 43.8 Å². The molecule has 3 heteroatoms. The summed E-state index contributed by atoms with van der Waals surface area (Å²) in [7, 11) is 1.68. The molecule has 0 saturated carbocycles. The Morgan fingerprint density at radius 3 is 2.48 bits per heavy atom. The lowest BCUT2D eigenvalue weighted by Gasteiger charge is -2.35. The molecular formula is C18H28N2O. The molecule has 1 atom stereocenters. The molecule has 0 aromatic heterocycles. The molecule has 0 aliphatic rings. The Hall–Kier alpha value is -1.58. The van der Waals surface area contributed by atoms with Crippen molar-refractivity contribution in [1.29, 1.82) is 0 Å². The Kier molecular flexibility index (Phi) is 7.20. The number of nitrogens with two attached hydrogens (primary N) is 1. The zero-order valence-electron chi connectivity index (χ0n) is 13.3. The minimum atomic E-state index is -0.394. The van der Waals surface area contributed by atoms with Gasteiger partial charge in [0.15, 0.2) is 0 Å². The third kappa shape index (κ3) is 5.03. The number of rotatable bonds is 10. The molecule has 0 spiro atoms. The standard InChI is InChI=1S/C18H28N2O/c1-5-11-18(19,15-20(12-6-2)13-7-3)16-9-8-10-17(14-16)21-4/h6-10,14H,2-3,5,11-13,15,19H2,1,4H3. The number of ether oxygens (including phenoxy) is 1. The van der Waals surface area contributed by atoms with Crippen molar-refractivity contribution in [2.24, 2.45) is 5.73 Å². The van der Waals surface area contributed by atoms with Gasteiger partial charge in [-0.25, -0.2) is 0 Å². The summed E-state index contributed by atoms with van der Waals surface area (Å²) in [6.45, 7) is 12.2. The molecule has 1 aromatic rings. The van der Waals surface area contributed by atoms with Crippen molar-refractivity contribution in [3.8, 4) is 5.75 Å². The molecule has 2 N–H and O–H groups in total. The first kappa shape index (κ1) is 17.5. The fraction of sp³-hybridized carbons (Fsp3) is 0.444. The van der Waals surface area contributed by atoms with Gasteiger partial charge in [-0.3, -0.25) is 4.90 Å². The van der Waals surface area contributed by atoms with Crippen molar-refractivity contribution in [2.45, 2.75) is 25.3 Å². The topological polar surface area (TPSA) is 38.5 Å². The van der Waals surface area contributed by atoms with Gasteiger partial charge in [0, 0.05) is 19.6 Å². The minimum Gasteiger partial charge on any atom is -0.497 e. The Bertz CT molecular complexity index is 448. The Morgan fingerprint density at radius 1 is 1.29 bits per heavy atom. The van der Waals surface area contributed by atoms with E-state index in [4.69, 9.17) is 10.5 Å². The third-order valence-corrected chi connectivity index (χ3v) is 3.62. The van der Waals surface area contributed by atoms with Crippen LogP contribution in [0.5, 0.6) is 5.75 Å². The smallest absolute Gasteiger partial charge is 0.119 e. The first-order valence-electron chi connectivity index (χ1n) is 7.47. The zero-order valence-corrected chi connectivity index (χ0v) is 13.3. The second-order valence-electron chi connectivity index (χ2n) is 5.41. The summed E-state index contributed by atoms with van der Waals surface area (Å²) in [6.07, 6.45) is 5.76. The van der Waals surface area contributed by atoms with Gasteiger partial charge in [0.2, 0.25) is 0 Å². The van der Waals surface area contributed by atoms with E-state index >= 15 is 0 Å². The van der Waals surface area contributed by atoms with E-state index in [1.165, 1.54) is 0 Å². The molecular weight excluding hydrogens is 260 g/mol. The summed E-state index contributed by atoms with van der Waals surface area (Å²) < 4.78 is 5.33. The van der Waals surface area contributed by atoms with Gasteiger partial charge >= 0.3 is 0 Å². The molecule has 3 nitrogen and oxygen atoms in total. The highest BCUT2D eigenvalue weighted by atomic mass is 16.5. The first-order valence-corrected chi connectivity index (χ1v) is 7.47. The number of hydrogen-bond donors (Lipinski definition) is 1. The molecule has 0 radical (unpaired) electrons. The number of hydrogen-bond acceptors (Lipinski definition) is 3. The largest absolute Gasteiger partial charge is 0.497 e. The molecule has 0 amide bonds. The van der Waals surface area contributed by atoms with Gasteiger partial charge in [-0.1, -0.05) is 37.6 Å². The van der Waals surface area contributed by atoms with Crippen molar-refractivity contribution in [3.63, 3.8) is 0 Å². The van der Waals surface area contributed by atoms with Crippen LogP contribution >= 0.6 is 0 Å². The zero-order chi connectivity index (χ0) is 15.7. The molecule has 0 saturated heterocycles. The minimum absolute atomic E-state index is 0.394. The first-order chi connectivity index (χ1) is 10.1. The second kappa shape index (κ2) is 8.65. The van der Waals surface area contributed by atoms with Crippen molar-refractivity contribution in [2.75, 3.05) is 26.7 Å². The quantitative estimate of drug-likeness (QED) is 0.671. The Labute approximate surface area is 129 Å². The summed E-state index contributed by atoms with van der Waals surface area (Å²) in [5, 5.41) is 0. The van der Waals surface area contributed by atoms with E-state index in [1.807, 2.05) is 30.4 Å². The number of nitrogens with zero attached hydrogens (tertiary/aromatic N) is 1. The van der Waals surface area contributed by atoms with Crippen molar-refractivity contribution >= 4 is 0 Å². The lowest BCUT2D eigenvalue weighted by molar-refractivity contribution is 0.232. The van der Waals surface area contributed by atoms with E-state index in [0.29, 0.717) is 0 Å². The SMILES string of the molecule is C=CCN(CC=C)CC(N)(CCC)c1cccc(OC)c1. The van der Waals surface area contributed by atoms with Gasteiger partial charge < -0.3 is 10.5 Å². The van der Waals surface area contributed by atoms with Gasteiger partial charge in [0.05, 0.1) is 12.6 Å². The highest BCUT2D eigenvalue weighted by molar-refractivity contribution is 5.33. The summed E-state index contributed by atoms with van der Waals surface area (Å²) in [5.41, 5.74) is 7.47. The van der Waals surface area contributed by atoms with Crippen LogP contribution in [0.15, 0.2) is 49.6 Å². The summed E-state index contributed by atoms with van der Waals surface area (Å²) in [4.78, 5) is 2.26. The molecule has 0 aliphatic heterocycles. The van der Waals surface area contributed by atoms with Crippen LogP contribution in [-0.4, -0.2) is 31.6 Å². The highest BCUT2D eigenvalue weighted by Gasteiger charge is 2.28. The van der Waals surface area contributed by atoms with E-state index in [2.05, 4.69) is 31.0 Å². The van der Waals surface area contributed by atoms with Crippen LogP contribution in [0.3, 0.4) is 0 Å². The van der Waals surface area contributed by atoms with Crippen molar-refractivity contribution < 1.29 is 4.74 Å². The maximum Gasteiger partial charge on any atom is 0.119 e. The van der Waals surface area contributed by atoms with Crippen LogP contribution in [-0.2, 0) is 5.54 Å². The lowest BCUT2D eigenvalue weighted by Crippen LogP contribution is -2.47. The molecule has 0 bridgehead atoms. The average Bonchev–Trinajstić information content (AvgIpc) is 2.48. The molecule has 0 aliphatic carbocycles. The van der Waals surface area contributed by atoms with Gasteiger partial charge in [0.25, 0.3) is 0 Å². The van der Waals surface area contributed by atoms with E-state index in [9.17, 15) is 0 Å². The average molecular weight is 288 g/mol. The molecule has 21 heavy (non-hydrogen) atoms. The number of methoxy groups -OCH3 is 1. The van der Waals surface area contributed by atoms with E-state index in [-0.39, 0.29) is 0 Å². The monoisotopic (exact) mass is 288 g/mol. The molecule has 0 fully saturated rings. The van der Waals surface area contributed by atoms with Crippen molar-refractivity contribution in [3.05, 3.63) is 55.1 Å². The fourth-order valence-corrected chi connectivity index (χ4v) is 2.66. The predicted octanol–water partition coefficient (Wildman–Crippen LogP) is 3.32. The van der Waals surface area contributed by atoms with E-state index < -0.39 is 5.54 Å². The molecule has 116 valence electrons. The van der Waals surface area contributed by atoms with Gasteiger partial charge in [-0.2, -0.15) is 0 Å². The van der Waals surface area contributed by atoms with Crippen molar-refractivity contribution in [1.82, 2.24) is 4.90 Å². The second-order valence-corrected chi connectivity index (χ2v) is 5.41. The van der Waals surface area contributed by atoms with Crippen LogP contribution in [0.2, 0.25) is 0 Å². The normalized spacial score (nSPS) is 13.7. The van der Waals surface area contributed by atoms with E-state index in [1.54, 1.807) is 7.11 Å². The molecule has 1 unspecified atom stereocenters. The van der Waals surface area contributed by atoms with Gasteiger partial charge in [-0.15, -0.1) is 13.2 Å². The molecule has 1 rings (SSSR count). The molecule has 1 aromatic carbocycles. The lowest BCUT2D eigenvalue weighted by atomic mass is 9.85. The summed E-state index contributed by atoms with van der Waals surface area (Å²) in [5.74, 6) is 0.845. The Morgan fingerprint density at radius 2 is 1.95 bits per heavy atom. The van der Waals surface area contributed by atoms with Crippen LogP contribution < -0.4 is 10.5 Å². The van der Waals surface area contributed by atoms with Crippen LogP contribution in [0.25, 0.3) is 0 Å². The molecule has 0 heterocycles. The summed E-state index contributed by atoms with van der Waals surface area (Å²) in [6, 6.07) is 8.06. The Balaban J connectivity index is 3.04. The van der Waals surface area contributed by atoms with Crippen LogP contribution in [0, 0.1) is 0 Å². The highest BCUT2D eigenvalue weighted by Crippen LogP contribution is 2.28.